The fourth-order valence-corrected chi connectivity index (χ4v) is 6.21. The highest BCUT2D eigenvalue weighted by Crippen LogP contribution is 2.46. The first kappa shape index (κ1) is 19.1. The Bertz CT molecular complexity index is 980. The lowest BCUT2D eigenvalue weighted by Gasteiger charge is -2.13. The maximum absolute atomic E-state index is 12.9. The predicted octanol–water partition coefficient (Wildman–Crippen LogP) is 4.81. The molecule has 0 aromatic carbocycles. The normalized spacial score (nSPS) is 19.9. The van der Waals surface area contributed by atoms with E-state index in [1.165, 1.54) is 48.7 Å². The maximum atomic E-state index is 12.9. The molecule has 1 amide bonds. The van der Waals surface area contributed by atoms with Crippen molar-refractivity contribution < 1.29 is 4.79 Å². The van der Waals surface area contributed by atoms with Crippen molar-refractivity contribution in [2.24, 2.45) is 0 Å². The molecule has 0 unspecified atom stereocenters. The third kappa shape index (κ3) is 3.82. The minimum Gasteiger partial charge on any atom is -0.316 e. The Kier molecular flexibility index (Phi) is 5.12. The molecule has 1 N–H and O–H groups in total. The summed E-state index contributed by atoms with van der Waals surface area (Å²) in [4.78, 5) is 14.2. The quantitative estimate of drug-likeness (QED) is 0.528. The van der Waals surface area contributed by atoms with E-state index in [2.05, 4.69) is 26.2 Å². The predicted molar refractivity (Wildman–Crippen MR) is 115 cm³/mol. The van der Waals surface area contributed by atoms with Crippen molar-refractivity contribution in [2.45, 2.75) is 87.1 Å². The molecule has 29 heavy (non-hydrogen) atoms. The lowest BCUT2D eigenvalue weighted by Crippen LogP contribution is -2.23. The number of thiophene rings is 1. The van der Waals surface area contributed by atoms with Crippen LogP contribution in [0.1, 0.15) is 85.7 Å². The van der Waals surface area contributed by atoms with Crippen LogP contribution in [0.4, 0.5) is 5.00 Å². The molecule has 2 heterocycles. The van der Waals surface area contributed by atoms with Gasteiger partial charge in [0.1, 0.15) is 16.9 Å². The Morgan fingerprint density at radius 1 is 1.24 bits per heavy atom. The van der Waals surface area contributed by atoms with Gasteiger partial charge in [-0.3, -0.25) is 4.79 Å². The Morgan fingerprint density at radius 2 is 2.03 bits per heavy atom. The smallest absolute Gasteiger partial charge is 0.238 e. The van der Waals surface area contributed by atoms with Gasteiger partial charge < -0.3 is 9.88 Å². The van der Waals surface area contributed by atoms with E-state index < -0.39 is 0 Å². The first-order valence-corrected chi connectivity index (χ1v) is 12.3. The molecule has 3 aliphatic rings. The van der Waals surface area contributed by atoms with Crippen LogP contribution >= 0.6 is 23.1 Å². The maximum Gasteiger partial charge on any atom is 0.238 e. The van der Waals surface area contributed by atoms with E-state index >= 15 is 0 Å². The number of nitrogens with zero attached hydrogens (tertiary/aromatic N) is 4. The molecule has 0 bridgehead atoms. The summed E-state index contributed by atoms with van der Waals surface area (Å²) in [5.41, 5.74) is 1.84. The summed E-state index contributed by atoms with van der Waals surface area (Å²) in [6.45, 7) is 1.91. The Balaban J connectivity index is 1.31. The van der Waals surface area contributed by atoms with Crippen LogP contribution in [0.25, 0.3) is 0 Å². The number of carbonyl (C=O) groups is 1. The molecule has 2 aromatic rings. The van der Waals surface area contributed by atoms with Gasteiger partial charge in [0.2, 0.25) is 5.91 Å². The van der Waals surface area contributed by atoms with Crippen LogP contribution in [-0.2, 0) is 17.6 Å². The summed E-state index contributed by atoms with van der Waals surface area (Å²) in [6.07, 6.45) is 10.2. The molecule has 0 saturated heterocycles. The van der Waals surface area contributed by atoms with Gasteiger partial charge >= 0.3 is 0 Å². The lowest BCUT2D eigenvalue weighted by atomic mass is 10.1. The number of rotatable bonds is 6. The highest BCUT2D eigenvalue weighted by Gasteiger charge is 2.37. The summed E-state index contributed by atoms with van der Waals surface area (Å²) in [5, 5.41) is 22.9. The molecule has 1 atom stereocenters. The summed E-state index contributed by atoms with van der Waals surface area (Å²) < 4.78 is 2.28. The average Bonchev–Trinajstić information content (AvgIpc) is 3.63. The Morgan fingerprint density at radius 3 is 2.76 bits per heavy atom. The number of hydrogen-bond donors (Lipinski definition) is 1. The van der Waals surface area contributed by atoms with Crippen LogP contribution in [0, 0.1) is 11.3 Å². The zero-order valence-electron chi connectivity index (χ0n) is 16.6. The third-order valence-corrected chi connectivity index (χ3v) is 8.23. The number of thioether (sulfide) groups is 1. The van der Waals surface area contributed by atoms with Gasteiger partial charge in [0.25, 0.3) is 0 Å². The van der Waals surface area contributed by atoms with Crippen molar-refractivity contribution in [2.75, 3.05) is 5.32 Å². The SMILES string of the molecule is C[C@H](Sc1nnc(C2CC2)n1C1CC1)C(=O)Nc1sc2c(c1C#N)CCCCC2. The van der Waals surface area contributed by atoms with Gasteiger partial charge in [0.05, 0.1) is 10.8 Å². The monoisotopic (exact) mass is 427 g/mol. The van der Waals surface area contributed by atoms with Gasteiger partial charge in [0, 0.05) is 16.8 Å². The first-order chi connectivity index (χ1) is 14.2. The number of aromatic nitrogens is 3. The summed E-state index contributed by atoms with van der Waals surface area (Å²) >= 11 is 3.07. The number of fused-ring (bicyclic) bond motifs is 1. The molecule has 0 spiro atoms. The molecular weight excluding hydrogens is 402 g/mol. The number of carbonyl (C=O) groups excluding carboxylic acids is 1. The van der Waals surface area contributed by atoms with E-state index in [1.807, 2.05) is 6.92 Å². The molecular formula is C21H25N5OS2. The molecule has 0 aliphatic heterocycles. The number of nitrogens with one attached hydrogen (secondary N) is 1. The van der Waals surface area contributed by atoms with Gasteiger partial charge in [-0.2, -0.15) is 5.26 Å². The number of anilines is 1. The number of nitriles is 1. The standard InChI is InChI=1S/C21H25N5OS2/c1-12(28-21-25-24-18(13-7-8-13)26(21)14-9-10-14)19(27)23-20-16(11-22)15-5-3-2-4-6-17(15)29-20/h12-14H,2-10H2,1H3,(H,23,27)/t12-/m0/s1. The van der Waals surface area contributed by atoms with E-state index in [0.717, 1.165) is 47.2 Å². The minimum atomic E-state index is -0.294. The van der Waals surface area contributed by atoms with Gasteiger partial charge in [0.15, 0.2) is 5.16 Å². The van der Waals surface area contributed by atoms with E-state index in [4.69, 9.17) is 0 Å². The Hall–Kier alpha value is -1.85. The second-order valence-corrected chi connectivity index (χ2v) is 10.8. The molecule has 8 heteroatoms. The summed E-state index contributed by atoms with van der Waals surface area (Å²) in [6, 6.07) is 2.85. The topological polar surface area (TPSA) is 83.6 Å². The van der Waals surface area contributed by atoms with Crippen LogP contribution in [0.3, 0.4) is 0 Å². The van der Waals surface area contributed by atoms with E-state index in [1.54, 1.807) is 11.3 Å². The van der Waals surface area contributed by atoms with Crippen molar-refractivity contribution >= 4 is 34.0 Å². The molecule has 2 fully saturated rings. The summed E-state index contributed by atoms with van der Waals surface area (Å²) in [7, 11) is 0. The fourth-order valence-electron chi connectivity index (χ4n) is 4.04. The summed E-state index contributed by atoms with van der Waals surface area (Å²) in [5.74, 6) is 1.60. The molecule has 2 aromatic heterocycles. The number of aryl methyl sites for hydroxylation is 1. The Labute approximate surface area is 179 Å². The zero-order chi connectivity index (χ0) is 20.0. The highest BCUT2D eigenvalue weighted by atomic mass is 32.2. The van der Waals surface area contributed by atoms with E-state index in [9.17, 15) is 10.1 Å². The van der Waals surface area contributed by atoms with Crippen molar-refractivity contribution in [3.8, 4) is 6.07 Å². The second-order valence-electron chi connectivity index (χ2n) is 8.35. The van der Waals surface area contributed by atoms with Gasteiger partial charge in [-0.25, -0.2) is 0 Å². The van der Waals surface area contributed by atoms with Crippen molar-refractivity contribution in [1.29, 1.82) is 5.26 Å². The van der Waals surface area contributed by atoms with Crippen LogP contribution < -0.4 is 5.32 Å². The van der Waals surface area contributed by atoms with Crippen LogP contribution in [0.15, 0.2) is 5.16 Å². The molecule has 0 radical (unpaired) electrons. The first-order valence-electron chi connectivity index (χ1n) is 10.6. The fraction of sp³-hybridized carbons (Fsp3) is 0.619. The molecule has 2 saturated carbocycles. The molecule has 3 aliphatic carbocycles. The largest absolute Gasteiger partial charge is 0.316 e. The molecule has 6 nitrogen and oxygen atoms in total. The number of hydrogen-bond acceptors (Lipinski definition) is 6. The average molecular weight is 428 g/mol. The van der Waals surface area contributed by atoms with Crippen LogP contribution in [0.2, 0.25) is 0 Å². The van der Waals surface area contributed by atoms with E-state index in [0.29, 0.717) is 17.5 Å². The van der Waals surface area contributed by atoms with Crippen molar-refractivity contribution in [3.05, 3.63) is 21.8 Å². The highest BCUT2D eigenvalue weighted by molar-refractivity contribution is 8.00. The van der Waals surface area contributed by atoms with E-state index in [-0.39, 0.29) is 11.2 Å². The second kappa shape index (κ2) is 7.77. The van der Waals surface area contributed by atoms with Crippen LogP contribution in [0.5, 0.6) is 0 Å². The lowest BCUT2D eigenvalue weighted by molar-refractivity contribution is -0.115. The molecule has 5 rings (SSSR count). The zero-order valence-corrected chi connectivity index (χ0v) is 18.2. The number of amides is 1. The van der Waals surface area contributed by atoms with Gasteiger partial charge in [-0.1, -0.05) is 18.2 Å². The van der Waals surface area contributed by atoms with Gasteiger partial charge in [-0.15, -0.1) is 21.5 Å². The molecule has 152 valence electrons. The van der Waals surface area contributed by atoms with Gasteiger partial charge in [-0.05, 0) is 63.9 Å². The third-order valence-electron chi connectivity index (χ3n) is 5.97. The minimum absolute atomic E-state index is 0.0683. The van der Waals surface area contributed by atoms with Crippen molar-refractivity contribution in [1.82, 2.24) is 14.8 Å². The van der Waals surface area contributed by atoms with Crippen molar-refractivity contribution in [3.63, 3.8) is 0 Å². The van der Waals surface area contributed by atoms with Crippen LogP contribution in [-0.4, -0.2) is 25.9 Å².